The van der Waals surface area contributed by atoms with E-state index in [1.54, 1.807) is 31.4 Å². The van der Waals surface area contributed by atoms with Gasteiger partial charge in [0.1, 0.15) is 0 Å². The zero-order valence-electron chi connectivity index (χ0n) is 11.7. The monoisotopic (exact) mass is 319 g/mol. The topological polar surface area (TPSA) is 75.6 Å². The van der Waals surface area contributed by atoms with Crippen molar-refractivity contribution in [1.82, 2.24) is 5.32 Å². The van der Waals surface area contributed by atoms with Crippen LogP contribution in [-0.2, 0) is 14.6 Å². The molecular formula is C13H21NO4S2. The molecule has 0 amide bonds. The second kappa shape index (κ2) is 8.63. The molecule has 0 radical (unpaired) electrons. The van der Waals surface area contributed by atoms with Gasteiger partial charge in [-0.05, 0) is 24.3 Å². The Morgan fingerprint density at radius 3 is 2.55 bits per heavy atom. The third kappa shape index (κ3) is 6.71. The van der Waals surface area contributed by atoms with Crippen LogP contribution in [0.4, 0.5) is 0 Å². The highest BCUT2D eigenvalue weighted by Crippen LogP contribution is 2.20. The standard InChI is InChI=1S/C13H21NO4S2/c1-18-8-7-14-9-11(15)10-19-12-3-5-13(6-4-12)20(2,16)17/h3-6,11,14-15H,7-10H2,1-2H3. The number of thioether (sulfide) groups is 1. The molecule has 0 saturated carbocycles. The van der Waals surface area contributed by atoms with Crippen LogP contribution in [0.15, 0.2) is 34.1 Å². The minimum absolute atomic E-state index is 0.309. The van der Waals surface area contributed by atoms with E-state index in [9.17, 15) is 13.5 Å². The summed E-state index contributed by atoms with van der Waals surface area (Å²) in [5, 5.41) is 12.9. The minimum atomic E-state index is -3.15. The van der Waals surface area contributed by atoms with Gasteiger partial charge in [0, 0.05) is 37.1 Å². The van der Waals surface area contributed by atoms with Crippen molar-refractivity contribution in [1.29, 1.82) is 0 Å². The number of methoxy groups -OCH3 is 1. The molecule has 0 aliphatic heterocycles. The van der Waals surface area contributed by atoms with Crippen LogP contribution in [-0.4, -0.2) is 58.4 Å². The number of hydrogen-bond donors (Lipinski definition) is 2. The Morgan fingerprint density at radius 2 is 2.00 bits per heavy atom. The van der Waals surface area contributed by atoms with Crippen LogP contribution in [0.1, 0.15) is 0 Å². The molecule has 0 spiro atoms. The summed E-state index contributed by atoms with van der Waals surface area (Å²) in [7, 11) is -1.52. The number of rotatable bonds is 9. The van der Waals surface area contributed by atoms with Crippen molar-refractivity contribution in [3.63, 3.8) is 0 Å². The van der Waals surface area contributed by atoms with Crippen molar-refractivity contribution < 1.29 is 18.3 Å². The predicted molar refractivity (Wildman–Crippen MR) is 81.0 cm³/mol. The lowest BCUT2D eigenvalue weighted by Crippen LogP contribution is -2.30. The first kappa shape index (κ1) is 17.5. The summed E-state index contributed by atoms with van der Waals surface area (Å²) in [6, 6.07) is 6.68. The Bertz CT molecular complexity index is 488. The zero-order valence-corrected chi connectivity index (χ0v) is 13.3. The highest BCUT2D eigenvalue weighted by molar-refractivity contribution is 7.99. The van der Waals surface area contributed by atoms with Gasteiger partial charge in [0.25, 0.3) is 0 Å². The van der Waals surface area contributed by atoms with E-state index in [2.05, 4.69) is 5.32 Å². The number of sulfone groups is 1. The second-order valence-electron chi connectivity index (χ2n) is 4.41. The van der Waals surface area contributed by atoms with Crippen LogP contribution in [0.2, 0.25) is 0 Å². The third-order valence-corrected chi connectivity index (χ3v) is 4.84. The molecule has 0 saturated heterocycles. The van der Waals surface area contributed by atoms with Gasteiger partial charge in [-0.1, -0.05) is 0 Å². The molecule has 0 aliphatic carbocycles. The van der Waals surface area contributed by atoms with E-state index in [0.717, 1.165) is 4.90 Å². The number of aliphatic hydroxyl groups excluding tert-OH is 1. The van der Waals surface area contributed by atoms with Crippen molar-refractivity contribution >= 4 is 21.6 Å². The molecule has 0 fully saturated rings. The van der Waals surface area contributed by atoms with Crippen molar-refractivity contribution in [3.8, 4) is 0 Å². The Hall–Kier alpha value is -0.600. The molecular weight excluding hydrogens is 298 g/mol. The van der Waals surface area contributed by atoms with E-state index < -0.39 is 15.9 Å². The minimum Gasteiger partial charge on any atom is -0.391 e. The first-order valence-electron chi connectivity index (χ1n) is 6.24. The van der Waals surface area contributed by atoms with Gasteiger partial charge in [-0.3, -0.25) is 0 Å². The maximum Gasteiger partial charge on any atom is 0.175 e. The lowest BCUT2D eigenvalue weighted by Gasteiger charge is -2.11. The number of hydrogen-bond acceptors (Lipinski definition) is 6. The van der Waals surface area contributed by atoms with Gasteiger partial charge in [0.2, 0.25) is 0 Å². The van der Waals surface area contributed by atoms with E-state index in [0.29, 0.717) is 30.3 Å². The van der Waals surface area contributed by atoms with Crippen LogP contribution in [0.25, 0.3) is 0 Å². The molecule has 5 nitrogen and oxygen atoms in total. The van der Waals surface area contributed by atoms with E-state index >= 15 is 0 Å². The van der Waals surface area contributed by atoms with Gasteiger partial charge >= 0.3 is 0 Å². The van der Waals surface area contributed by atoms with Gasteiger partial charge < -0.3 is 15.2 Å². The van der Waals surface area contributed by atoms with Crippen LogP contribution in [0, 0.1) is 0 Å². The summed E-state index contributed by atoms with van der Waals surface area (Å²) in [5.41, 5.74) is 0. The Morgan fingerprint density at radius 1 is 1.35 bits per heavy atom. The van der Waals surface area contributed by atoms with E-state index in [1.165, 1.54) is 18.0 Å². The lowest BCUT2D eigenvalue weighted by atomic mass is 10.4. The summed E-state index contributed by atoms with van der Waals surface area (Å²) in [6.45, 7) is 1.84. The van der Waals surface area contributed by atoms with Crippen LogP contribution in [0.3, 0.4) is 0 Å². The van der Waals surface area contributed by atoms with Gasteiger partial charge in [0.15, 0.2) is 9.84 Å². The van der Waals surface area contributed by atoms with Gasteiger partial charge in [-0.25, -0.2) is 8.42 Å². The van der Waals surface area contributed by atoms with Crippen molar-refractivity contribution in [2.45, 2.75) is 15.9 Å². The normalized spacial score (nSPS) is 13.3. The summed E-state index contributed by atoms with van der Waals surface area (Å²) in [4.78, 5) is 1.25. The molecule has 114 valence electrons. The number of aliphatic hydroxyl groups is 1. The van der Waals surface area contributed by atoms with E-state index in [4.69, 9.17) is 4.74 Å². The summed E-state index contributed by atoms with van der Waals surface area (Å²) in [6.07, 6.45) is 0.733. The largest absolute Gasteiger partial charge is 0.391 e. The molecule has 1 aromatic carbocycles. The molecule has 7 heteroatoms. The molecule has 0 aliphatic rings. The zero-order chi connectivity index (χ0) is 15.0. The average Bonchev–Trinajstić information content (AvgIpc) is 2.41. The first-order chi connectivity index (χ1) is 9.43. The maximum atomic E-state index is 11.3. The number of ether oxygens (including phenoxy) is 1. The summed E-state index contributed by atoms with van der Waals surface area (Å²) >= 11 is 1.50. The van der Waals surface area contributed by atoms with Gasteiger partial charge in [0.05, 0.1) is 17.6 Å². The maximum absolute atomic E-state index is 11.3. The second-order valence-corrected chi connectivity index (χ2v) is 7.51. The fraction of sp³-hybridized carbons (Fsp3) is 0.538. The van der Waals surface area contributed by atoms with Crippen molar-refractivity contribution in [3.05, 3.63) is 24.3 Å². The Balaban J connectivity index is 2.35. The first-order valence-corrected chi connectivity index (χ1v) is 9.12. The molecule has 0 heterocycles. The third-order valence-electron chi connectivity index (χ3n) is 2.56. The molecule has 1 aromatic rings. The van der Waals surface area contributed by atoms with Crippen LogP contribution >= 0.6 is 11.8 Å². The molecule has 2 N–H and O–H groups in total. The highest BCUT2D eigenvalue weighted by Gasteiger charge is 2.08. The predicted octanol–water partition coefficient (Wildman–Crippen LogP) is 0.779. The van der Waals surface area contributed by atoms with E-state index in [1.807, 2.05) is 0 Å². The van der Waals surface area contributed by atoms with Crippen LogP contribution < -0.4 is 5.32 Å². The highest BCUT2D eigenvalue weighted by atomic mass is 32.2. The SMILES string of the molecule is COCCNCC(O)CSc1ccc(S(C)(=O)=O)cc1. The van der Waals surface area contributed by atoms with Crippen molar-refractivity contribution in [2.75, 3.05) is 38.8 Å². The Labute approximate surface area is 124 Å². The summed E-state index contributed by atoms with van der Waals surface area (Å²) in [5.74, 6) is 0.554. The number of nitrogens with one attached hydrogen (secondary N) is 1. The fourth-order valence-electron chi connectivity index (χ4n) is 1.48. The van der Waals surface area contributed by atoms with Gasteiger partial charge in [-0.15, -0.1) is 11.8 Å². The number of benzene rings is 1. The van der Waals surface area contributed by atoms with E-state index in [-0.39, 0.29) is 0 Å². The molecule has 1 unspecified atom stereocenters. The Kier molecular flexibility index (Phi) is 7.53. The van der Waals surface area contributed by atoms with Gasteiger partial charge in [-0.2, -0.15) is 0 Å². The lowest BCUT2D eigenvalue weighted by molar-refractivity contribution is 0.175. The molecule has 1 atom stereocenters. The average molecular weight is 319 g/mol. The molecule has 1 rings (SSSR count). The fourth-order valence-corrected chi connectivity index (χ4v) is 2.94. The smallest absolute Gasteiger partial charge is 0.175 e. The van der Waals surface area contributed by atoms with Crippen molar-refractivity contribution in [2.24, 2.45) is 0 Å². The molecule has 20 heavy (non-hydrogen) atoms. The molecule has 0 bridgehead atoms. The quantitative estimate of drug-likeness (QED) is 0.517. The van der Waals surface area contributed by atoms with Crippen LogP contribution in [0.5, 0.6) is 0 Å². The summed E-state index contributed by atoms with van der Waals surface area (Å²) < 4.78 is 27.5. The molecule has 0 aromatic heterocycles.